The molecule has 1 atom stereocenters. The van der Waals surface area contributed by atoms with E-state index >= 15 is 0 Å². The average molecular weight is 318 g/mol. The molecule has 0 aliphatic rings. The first-order chi connectivity index (χ1) is 7.72. The van der Waals surface area contributed by atoms with Gasteiger partial charge < -0.3 is 5.32 Å². The van der Waals surface area contributed by atoms with Gasteiger partial charge in [-0.15, -0.1) is 11.3 Å². The highest BCUT2D eigenvalue weighted by atomic mass is 79.9. The second-order valence-electron chi connectivity index (χ2n) is 3.26. The maximum absolute atomic E-state index is 6.01. The zero-order valence-electron chi connectivity index (χ0n) is 8.58. The van der Waals surface area contributed by atoms with Crippen LogP contribution in [0.4, 0.5) is 0 Å². The number of thiazole rings is 1. The lowest BCUT2D eigenvalue weighted by atomic mass is 10.1. The number of hydrogen-bond acceptors (Lipinski definition) is 3. The quantitative estimate of drug-likeness (QED) is 0.929. The third-order valence-corrected chi connectivity index (χ3v) is 4.05. The minimum Gasteiger partial charge on any atom is -0.307 e. The standard InChI is InChI=1S/C11H10BrClN2S/c1-14-10(11-15-4-5-16-11)8-6-7(13)2-3-9(8)12/h2-6,10,14H,1H3. The highest BCUT2D eigenvalue weighted by Gasteiger charge is 2.17. The summed E-state index contributed by atoms with van der Waals surface area (Å²) in [5.74, 6) is 0. The number of rotatable bonds is 3. The molecule has 1 aromatic heterocycles. The molecule has 2 rings (SSSR count). The summed E-state index contributed by atoms with van der Waals surface area (Å²) in [4.78, 5) is 4.33. The van der Waals surface area contributed by atoms with Gasteiger partial charge in [0.05, 0.1) is 6.04 Å². The molecular formula is C11H10BrClN2S. The van der Waals surface area contributed by atoms with E-state index in [1.807, 2.05) is 36.8 Å². The van der Waals surface area contributed by atoms with Crippen molar-refractivity contribution < 1.29 is 0 Å². The molecule has 0 amide bonds. The summed E-state index contributed by atoms with van der Waals surface area (Å²) in [5, 5.41) is 6.98. The number of benzene rings is 1. The summed E-state index contributed by atoms with van der Waals surface area (Å²) in [5.41, 5.74) is 1.10. The van der Waals surface area contributed by atoms with Crippen molar-refractivity contribution in [3.05, 3.63) is 49.8 Å². The van der Waals surface area contributed by atoms with Gasteiger partial charge in [-0.25, -0.2) is 4.98 Å². The van der Waals surface area contributed by atoms with E-state index in [9.17, 15) is 0 Å². The Morgan fingerprint density at radius 3 is 2.94 bits per heavy atom. The number of nitrogens with one attached hydrogen (secondary N) is 1. The molecule has 16 heavy (non-hydrogen) atoms. The molecule has 2 nitrogen and oxygen atoms in total. The van der Waals surface area contributed by atoms with Crippen molar-refractivity contribution in [1.82, 2.24) is 10.3 Å². The van der Waals surface area contributed by atoms with E-state index in [-0.39, 0.29) is 6.04 Å². The third-order valence-electron chi connectivity index (χ3n) is 2.26. The van der Waals surface area contributed by atoms with Crippen molar-refractivity contribution in [1.29, 1.82) is 0 Å². The molecule has 1 aromatic carbocycles. The lowest BCUT2D eigenvalue weighted by Crippen LogP contribution is -2.17. The fraction of sp³-hybridized carbons (Fsp3) is 0.182. The van der Waals surface area contributed by atoms with E-state index in [2.05, 4.69) is 26.2 Å². The normalized spacial score (nSPS) is 12.7. The first kappa shape index (κ1) is 12.0. The molecule has 0 aliphatic heterocycles. The van der Waals surface area contributed by atoms with Gasteiger partial charge in [-0.2, -0.15) is 0 Å². The Kier molecular flexibility index (Phi) is 3.97. The van der Waals surface area contributed by atoms with Gasteiger partial charge in [-0.05, 0) is 30.8 Å². The Labute approximate surface area is 112 Å². The molecule has 0 spiro atoms. The summed E-state index contributed by atoms with van der Waals surface area (Å²) in [7, 11) is 1.92. The molecule has 1 heterocycles. The van der Waals surface area contributed by atoms with Crippen LogP contribution < -0.4 is 5.32 Å². The Morgan fingerprint density at radius 2 is 2.31 bits per heavy atom. The number of aromatic nitrogens is 1. The Morgan fingerprint density at radius 1 is 1.50 bits per heavy atom. The summed E-state index contributed by atoms with van der Waals surface area (Å²) in [6.45, 7) is 0. The second kappa shape index (κ2) is 5.27. The molecule has 0 aliphatic carbocycles. The predicted molar refractivity (Wildman–Crippen MR) is 72.2 cm³/mol. The zero-order valence-corrected chi connectivity index (χ0v) is 11.7. The summed E-state index contributed by atoms with van der Waals surface area (Å²) >= 11 is 11.2. The van der Waals surface area contributed by atoms with Crippen LogP contribution in [-0.4, -0.2) is 12.0 Å². The van der Waals surface area contributed by atoms with E-state index in [0.29, 0.717) is 0 Å². The van der Waals surface area contributed by atoms with Crippen LogP contribution in [0, 0.1) is 0 Å². The van der Waals surface area contributed by atoms with Gasteiger partial charge in [0.1, 0.15) is 5.01 Å². The van der Waals surface area contributed by atoms with Crippen LogP contribution in [0.25, 0.3) is 0 Å². The molecule has 84 valence electrons. The van der Waals surface area contributed by atoms with Gasteiger partial charge in [0, 0.05) is 21.1 Å². The highest BCUT2D eigenvalue weighted by molar-refractivity contribution is 9.10. The van der Waals surface area contributed by atoms with Gasteiger partial charge in [-0.1, -0.05) is 27.5 Å². The van der Waals surface area contributed by atoms with Crippen molar-refractivity contribution >= 4 is 38.9 Å². The van der Waals surface area contributed by atoms with Gasteiger partial charge in [-0.3, -0.25) is 0 Å². The summed E-state index contributed by atoms with van der Waals surface area (Å²) in [6.07, 6.45) is 1.81. The van der Waals surface area contributed by atoms with E-state index in [0.717, 1.165) is 20.1 Å². The monoisotopic (exact) mass is 316 g/mol. The lowest BCUT2D eigenvalue weighted by molar-refractivity contribution is 0.684. The average Bonchev–Trinajstić information content (AvgIpc) is 2.78. The Hall–Kier alpha value is -0.420. The first-order valence-corrected chi connectivity index (χ1v) is 6.79. The maximum Gasteiger partial charge on any atom is 0.114 e. The van der Waals surface area contributed by atoms with Crippen molar-refractivity contribution in [2.75, 3.05) is 7.05 Å². The zero-order chi connectivity index (χ0) is 11.5. The van der Waals surface area contributed by atoms with Gasteiger partial charge >= 0.3 is 0 Å². The minimum absolute atomic E-state index is 0.0769. The molecular weight excluding hydrogens is 308 g/mol. The maximum atomic E-state index is 6.01. The molecule has 2 aromatic rings. The third kappa shape index (κ3) is 2.46. The van der Waals surface area contributed by atoms with Crippen LogP contribution in [0.15, 0.2) is 34.2 Å². The molecule has 0 saturated heterocycles. The molecule has 1 N–H and O–H groups in total. The number of halogens is 2. The van der Waals surface area contributed by atoms with Crippen LogP contribution in [0.3, 0.4) is 0 Å². The van der Waals surface area contributed by atoms with Crippen LogP contribution in [-0.2, 0) is 0 Å². The fourth-order valence-electron chi connectivity index (χ4n) is 1.52. The van der Waals surface area contributed by atoms with Crippen molar-refractivity contribution in [2.45, 2.75) is 6.04 Å². The van der Waals surface area contributed by atoms with Crippen LogP contribution in [0.1, 0.15) is 16.6 Å². The summed E-state index contributed by atoms with van der Waals surface area (Å²) in [6, 6.07) is 5.85. The van der Waals surface area contributed by atoms with Crippen molar-refractivity contribution in [3.63, 3.8) is 0 Å². The van der Waals surface area contributed by atoms with Crippen LogP contribution in [0.5, 0.6) is 0 Å². The first-order valence-electron chi connectivity index (χ1n) is 4.74. The number of hydrogen-bond donors (Lipinski definition) is 1. The van der Waals surface area contributed by atoms with E-state index in [1.54, 1.807) is 11.3 Å². The van der Waals surface area contributed by atoms with Crippen molar-refractivity contribution in [2.24, 2.45) is 0 Å². The predicted octanol–water partition coefficient (Wildman–Crippen LogP) is 3.87. The molecule has 0 saturated carbocycles. The van der Waals surface area contributed by atoms with Gasteiger partial charge in [0.25, 0.3) is 0 Å². The lowest BCUT2D eigenvalue weighted by Gasteiger charge is -2.15. The summed E-state index contributed by atoms with van der Waals surface area (Å²) < 4.78 is 1.03. The Balaban J connectivity index is 2.44. The van der Waals surface area contributed by atoms with Crippen LogP contribution >= 0.6 is 38.9 Å². The van der Waals surface area contributed by atoms with Crippen LogP contribution in [0.2, 0.25) is 5.02 Å². The minimum atomic E-state index is 0.0769. The second-order valence-corrected chi connectivity index (χ2v) is 5.47. The Bertz CT molecular complexity index is 473. The number of nitrogens with zero attached hydrogens (tertiary/aromatic N) is 1. The van der Waals surface area contributed by atoms with E-state index in [4.69, 9.17) is 11.6 Å². The topological polar surface area (TPSA) is 24.9 Å². The van der Waals surface area contributed by atoms with Gasteiger partial charge in [0.2, 0.25) is 0 Å². The van der Waals surface area contributed by atoms with Crippen molar-refractivity contribution in [3.8, 4) is 0 Å². The van der Waals surface area contributed by atoms with Gasteiger partial charge in [0.15, 0.2) is 0 Å². The highest BCUT2D eigenvalue weighted by Crippen LogP contribution is 2.31. The van der Waals surface area contributed by atoms with E-state index in [1.165, 1.54) is 0 Å². The smallest absolute Gasteiger partial charge is 0.114 e. The van der Waals surface area contributed by atoms with E-state index < -0.39 is 0 Å². The molecule has 1 unspecified atom stereocenters. The molecule has 0 fully saturated rings. The molecule has 0 bridgehead atoms. The molecule has 0 radical (unpaired) electrons. The largest absolute Gasteiger partial charge is 0.307 e. The SMILES string of the molecule is CNC(c1nccs1)c1cc(Cl)ccc1Br. The fourth-order valence-corrected chi connectivity index (χ4v) is 2.94. The molecule has 5 heteroatoms.